The number of amides is 5. The molecule has 0 saturated carbocycles. The van der Waals surface area contributed by atoms with Crippen LogP contribution in [-0.4, -0.2) is 76.9 Å². The predicted molar refractivity (Wildman–Crippen MR) is 213 cm³/mol. The lowest BCUT2D eigenvalue weighted by Crippen LogP contribution is -2.56. The van der Waals surface area contributed by atoms with Crippen molar-refractivity contribution in [3.8, 4) is 5.75 Å². The minimum Gasteiger partial charge on any atom is -0.508 e. The highest BCUT2D eigenvalue weighted by Gasteiger charge is 2.29. The first-order chi connectivity index (χ1) is 26.6. The fourth-order valence-corrected chi connectivity index (χ4v) is 6.25. The number of aromatic hydroxyl groups is 1. The van der Waals surface area contributed by atoms with Crippen molar-refractivity contribution in [2.24, 2.45) is 5.73 Å². The number of unbranched alkanes of at least 4 members (excludes halogenated alkanes) is 2. The van der Waals surface area contributed by atoms with E-state index in [9.17, 15) is 29.1 Å². The molecule has 294 valence electrons. The number of hydrogen-bond donors (Lipinski definition) is 8. The van der Waals surface area contributed by atoms with Gasteiger partial charge in [-0.2, -0.15) is 0 Å². The number of para-hydroxylation sites is 1. The van der Waals surface area contributed by atoms with Crippen LogP contribution in [0.1, 0.15) is 69.1 Å². The molecular formula is C42H55N7O6. The average Bonchev–Trinajstić information content (AvgIpc) is 3.60. The fourth-order valence-electron chi connectivity index (χ4n) is 6.25. The Morgan fingerprint density at radius 1 is 0.673 bits per heavy atom. The number of aromatic amines is 1. The maximum atomic E-state index is 13.9. The summed E-state index contributed by atoms with van der Waals surface area (Å²) in [6, 6.07) is 20.0. The first-order valence-corrected chi connectivity index (χ1v) is 19.2. The molecule has 4 rings (SSSR count). The third kappa shape index (κ3) is 13.6. The van der Waals surface area contributed by atoms with Crippen molar-refractivity contribution in [3.63, 3.8) is 0 Å². The van der Waals surface area contributed by atoms with Gasteiger partial charge >= 0.3 is 0 Å². The Balaban J connectivity index is 1.41. The molecule has 0 spiro atoms. The van der Waals surface area contributed by atoms with Crippen LogP contribution in [-0.2, 0) is 43.2 Å². The second-order valence-electron chi connectivity index (χ2n) is 13.8. The second-order valence-corrected chi connectivity index (χ2v) is 13.8. The molecule has 0 aliphatic rings. The van der Waals surface area contributed by atoms with Crippen LogP contribution < -0.4 is 32.3 Å². The molecule has 0 fully saturated rings. The van der Waals surface area contributed by atoms with E-state index in [1.165, 1.54) is 12.1 Å². The van der Waals surface area contributed by atoms with Gasteiger partial charge in [0.2, 0.25) is 29.5 Å². The van der Waals surface area contributed by atoms with Crippen LogP contribution >= 0.6 is 0 Å². The Kier molecular flexibility index (Phi) is 16.7. The molecule has 13 heteroatoms. The summed E-state index contributed by atoms with van der Waals surface area (Å²) in [4.78, 5) is 70.2. The van der Waals surface area contributed by atoms with Crippen molar-refractivity contribution in [2.75, 3.05) is 13.1 Å². The van der Waals surface area contributed by atoms with Gasteiger partial charge in [0.05, 0.1) is 12.6 Å². The zero-order valence-corrected chi connectivity index (χ0v) is 31.7. The van der Waals surface area contributed by atoms with Crippen molar-refractivity contribution in [1.29, 1.82) is 0 Å². The second kappa shape index (κ2) is 21.9. The standard InChI is InChI=1S/C42H55N7O6/c1-3-5-15-35(40(53)44-23-22-28-12-8-7-9-13-28)49-42(55)37(25-30-26-45-34-17-11-10-14-32(30)34)47-38(51)27-46-41(54)36(16-6-4-2)48-39(52)33(43)24-29-18-20-31(50)21-19-29/h7-14,17-21,26,33,35-37,45,50H,3-6,15-16,22-25,27,43H2,1-2H3,(H,44,53)(H,46,54)(H,47,51)(H,48,52)(H,49,55)/t33-,35-,36-,37+/m0/s1. The van der Waals surface area contributed by atoms with Crippen molar-refractivity contribution in [2.45, 2.75) is 95.8 Å². The zero-order chi connectivity index (χ0) is 39.6. The van der Waals surface area contributed by atoms with Gasteiger partial charge in [0.1, 0.15) is 23.9 Å². The lowest BCUT2D eigenvalue weighted by atomic mass is 10.0. The highest BCUT2D eigenvalue weighted by Crippen LogP contribution is 2.19. The third-order valence-corrected chi connectivity index (χ3v) is 9.42. The van der Waals surface area contributed by atoms with Crippen LogP contribution in [0.4, 0.5) is 0 Å². The van der Waals surface area contributed by atoms with Gasteiger partial charge in [-0.25, -0.2) is 0 Å². The molecule has 13 nitrogen and oxygen atoms in total. The van der Waals surface area contributed by atoms with E-state index >= 15 is 0 Å². The molecule has 0 aliphatic heterocycles. The van der Waals surface area contributed by atoms with Gasteiger partial charge in [-0.05, 0) is 60.6 Å². The normalized spacial score (nSPS) is 13.2. The molecule has 55 heavy (non-hydrogen) atoms. The van der Waals surface area contributed by atoms with Crippen molar-refractivity contribution < 1.29 is 29.1 Å². The van der Waals surface area contributed by atoms with E-state index in [-0.39, 0.29) is 24.5 Å². The van der Waals surface area contributed by atoms with E-state index in [4.69, 9.17) is 5.73 Å². The number of hydrogen-bond acceptors (Lipinski definition) is 7. The summed E-state index contributed by atoms with van der Waals surface area (Å²) in [6.07, 6.45) is 6.46. The zero-order valence-electron chi connectivity index (χ0n) is 31.7. The number of nitrogens with one attached hydrogen (secondary N) is 6. The summed E-state index contributed by atoms with van der Waals surface area (Å²) in [6.45, 7) is 3.92. The van der Waals surface area contributed by atoms with Crippen LogP contribution in [0.15, 0.2) is 85.1 Å². The number of carbonyl (C=O) groups is 5. The predicted octanol–water partition coefficient (Wildman–Crippen LogP) is 3.30. The van der Waals surface area contributed by atoms with Crippen molar-refractivity contribution in [1.82, 2.24) is 31.6 Å². The summed E-state index contributed by atoms with van der Waals surface area (Å²) in [5.41, 5.74) is 9.65. The van der Waals surface area contributed by atoms with Gasteiger partial charge in [-0.1, -0.05) is 100 Å². The number of benzene rings is 3. The minimum absolute atomic E-state index is 0.0979. The van der Waals surface area contributed by atoms with Gasteiger partial charge in [0.15, 0.2) is 0 Å². The number of carbonyl (C=O) groups excluding carboxylic acids is 5. The smallest absolute Gasteiger partial charge is 0.243 e. The average molecular weight is 754 g/mol. The van der Waals surface area contributed by atoms with Crippen LogP contribution in [0, 0.1) is 0 Å². The number of nitrogens with two attached hydrogens (primary N) is 1. The molecule has 0 aliphatic carbocycles. The number of phenolic OH excluding ortho intramolecular Hbond substituents is 1. The Bertz CT molecular complexity index is 1850. The van der Waals surface area contributed by atoms with Crippen LogP contribution in [0.5, 0.6) is 5.75 Å². The van der Waals surface area contributed by atoms with Gasteiger partial charge in [0.25, 0.3) is 0 Å². The molecule has 4 aromatic rings. The molecule has 0 bridgehead atoms. The van der Waals surface area contributed by atoms with Gasteiger partial charge < -0.3 is 42.4 Å². The van der Waals surface area contributed by atoms with E-state index in [1.54, 1.807) is 18.3 Å². The number of H-pyrrole nitrogens is 1. The summed E-state index contributed by atoms with van der Waals surface area (Å²) < 4.78 is 0. The Hall–Kier alpha value is -5.69. The maximum Gasteiger partial charge on any atom is 0.243 e. The molecule has 9 N–H and O–H groups in total. The SMILES string of the molecule is CCCC[C@H](NC(=O)[C@@H](N)Cc1ccc(O)cc1)C(=O)NCC(=O)N[C@H](Cc1c[nH]c2ccccc12)C(=O)N[C@@H](CCCC)C(=O)NCCc1ccccc1. The van der Waals surface area contributed by atoms with Crippen LogP contribution in [0.3, 0.4) is 0 Å². The minimum atomic E-state index is -1.07. The number of fused-ring (bicyclic) bond motifs is 1. The highest BCUT2D eigenvalue weighted by atomic mass is 16.3. The van der Waals surface area contributed by atoms with Gasteiger partial charge in [0, 0.05) is 30.1 Å². The highest BCUT2D eigenvalue weighted by molar-refractivity contribution is 5.95. The molecule has 0 saturated heterocycles. The molecule has 4 atom stereocenters. The fraction of sp³-hybridized carbons (Fsp3) is 0.405. The van der Waals surface area contributed by atoms with Crippen molar-refractivity contribution >= 4 is 40.4 Å². The Morgan fingerprint density at radius 2 is 1.29 bits per heavy atom. The molecular weight excluding hydrogens is 699 g/mol. The number of rotatable bonds is 22. The Labute approximate surface area is 322 Å². The number of phenols is 1. The molecule has 3 aromatic carbocycles. The van der Waals surface area contributed by atoms with Gasteiger partial charge in [-0.3, -0.25) is 24.0 Å². The Morgan fingerprint density at radius 3 is 1.96 bits per heavy atom. The lowest BCUT2D eigenvalue weighted by molar-refractivity contribution is -0.133. The van der Waals surface area contributed by atoms with E-state index in [2.05, 4.69) is 31.6 Å². The molecule has 0 unspecified atom stereocenters. The van der Waals surface area contributed by atoms with Crippen molar-refractivity contribution in [3.05, 3.63) is 102 Å². The first kappa shape index (κ1) is 42.1. The summed E-state index contributed by atoms with van der Waals surface area (Å²) in [7, 11) is 0. The molecule has 5 amide bonds. The maximum absolute atomic E-state index is 13.9. The first-order valence-electron chi connectivity index (χ1n) is 19.2. The van der Waals surface area contributed by atoms with Crippen LogP contribution in [0.25, 0.3) is 10.9 Å². The van der Waals surface area contributed by atoms with E-state index in [0.717, 1.165) is 40.4 Å². The topological polar surface area (TPSA) is 208 Å². The number of aromatic nitrogens is 1. The molecule has 0 radical (unpaired) electrons. The molecule has 1 heterocycles. The largest absolute Gasteiger partial charge is 0.508 e. The van der Waals surface area contributed by atoms with Crippen LogP contribution in [0.2, 0.25) is 0 Å². The summed E-state index contributed by atoms with van der Waals surface area (Å²) in [5, 5.41) is 24.4. The summed E-state index contributed by atoms with van der Waals surface area (Å²) >= 11 is 0. The molecule has 1 aromatic heterocycles. The third-order valence-electron chi connectivity index (χ3n) is 9.42. The van der Waals surface area contributed by atoms with Gasteiger partial charge in [-0.15, -0.1) is 0 Å². The van der Waals surface area contributed by atoms with E-state index in [0.29, 0.717) is 38.6 Å². The quantitative estimate of drug-likeness (QED) is 0.0601. The monoisotopic (exact) mass is 753 g/mol. The summed E-state index contributed by atoms with van der Waals surface area (Å²) in [5.74, 6) is -2.43. The van der Waals surface area contributed by atoms with E-state index < -0.39 is 54.3 Å². The lowest BCUT2D eigenvalue weighted by Gasteiger charge is -2.24. The van der Waals surface area contributed by atoms with E-state index in [1.807, 2.05) is 68.4 Å².